The van der Waals surface area contributed by atoms with Crippen LogP contribution < -0.4 is 10.2 Å². The molecule has 0 atom stereocenters. The van der Waals surface area contributed by atoms with E-state index in [-0.39, 0.29) is 23.1 Å². The fourth-order valence-corrected chi connectivity index (χ4v) is 3.49. The first-order valence-electron chi connectivity index (χ1n) is 9.22. The van der Waals surface area contributed by atoms with Crippen LogP contribution in [0.15, 0.2) is 54.9 Å². The molecular formula is C21H19N5O3. The van der Waals surface area contributed by atoms with Crippen LogP contribution in [-0.4, -0.2) is 27.2 Å². The van der Waals surface area contributed by atoms with Gasteiger partial charge in [0, 0.05) is 24.3 Å². The molecule has 0 unspecified atom stereocenters. The average molecular weight is 389 g/mol. The Kier molecular flexibility index (Phi) is 4.90. The van der Waals surface area contributed by atoms with Crippen LogP contribution in [0.3, 0.4) is 0 Å². The Bertz CT molecular complexity index is 1100. The van der Waals surface area contributed by atoms with Crippen LogP contribution in [0.4, 0.5) is 23.0 Å². The Hall–Kier alpha value is -3.81. The first-order valence-corrected chi connectivity index (χ1v) is 9.22. The van der Waals surface area contributed by atoms with Gasteiger partial charge in [0.2, 0.25) is 11.6 Å². The van der Waals surface area contributed by atoms with E-state index in [2.05, 4.69) is 21.4 Å². The van der Waals surface area contributed by atoms with E-state index in [1.54, 1.807) is 24.3 Å². The molecule has 1 aromatic heterocycles. The molecule has 0 aliphatic carbocycles. The molecule has 0 amide bonds. The number of aromatic nitrogens is 2. The maximum atomic E-state index is 11.9. The molecule has 4 rings (SSSR count). The van der Waals surface area contributed by atoms with Crippen LogP contribution in [0.1, 0.15) is 28.4 Å². The highest BCUT2D eigenvalue weighted by Crippen LogP contribution is 2.35. The molecule has 0 bridgehead atoms. The summed E-state index contributed by atoms with van der Waals surface area (Å²) in [6, 6.07) is 14.9. The third-order valence-corrected chi connectivity index (χ3v) is 4.95. The van der Waals surface area contributed by atoms with E-state index in [4.69, 9.17) is 0 Å². The lowest BCUT2D eigenvalue weighted by Crippen LogP contribution is -2.31. The first kappa shape index (κ1) is 18.5. The van der Waals surface area contributed by atoms with Crippen molar-refractivity contribution in [3.8, 4) is 0 Å². The molecule has 1 aliphatic heterocycles. The maximum absolute atomic E-state index is 11.9. The van der Waals surface area contributed by atoms with Gasteiger partial charge in [-0.2, -0.15) is 0 Å². The number of anilines is 3. The second kappa shape index (κ2) is 7.67. The van der Waals surface area contributed by atoms with Crippen LogP contribution in [0.2, 0.25) is 0 Å². The molecule has 146 valence electrons. The van der Waals surface area contributed by atoms with E-state index in [9.17, 15) is 14.9 Å². The average Bonchev–Trinajstić information content (AvgIpc) is 2.73. The molecule has 0 saturated carbocycles. The van der Waals surface area contributed by atoms with Crippen molar-refractivity contribution in [2.45, 2.75) is 19.9 Å². The smallest absolute Gasteiger partial charge is 0.346 e. The van der Waals surface area contributed by atoms with Gasteiger partial charge >= 0.3 is 5.69 Å². The Morgan fingerprint density at radius 1 is 1.14 bits per heavy atom. The van der Waals surface area contributed by atoms with Crippen molar-refractivity contribution in [1.82, 2.24) is 9.97 Å². The van der Waals surface area contributed by atoms with Gasteiger partial charge in [0.25, 0.3) is 0 Å². The monoisotopic (exact) mass is 389 g/mol. The van der Waals surface area contributed by atoms with Crippen molar-refractivity contribution in [3.63, 3.8) is 0 Å². The zero-order chi connectivity index (χ0) is 20.4. The lowest BCUT2D eigenvalue weighted by molar-refractivity contribution is -0.383. The number of carbonyl (C=O) groups excluding carboxylic acids is 1. The predicted octanol–water partition coefficient (Wildman–Crippen LogP) is 3.89. The number of hydrogen-bond donors (Lipinski definition) is 1. The molecular weight excluding hydrogens is 370 g/mol. The molecule has 8 nitrogen and oxygen atoms in total. The van der Waals surface area contributed by atoms with E-state index >= 15 is 0 Å². The fraction of sp³-hybridized carbons (Fsp3) is 0.190. The van der Waals surface area contributed by atoms with Gasteiger partial charge in [-0.25, -0.2) is 9.97 Å². The van der Waals surface area contributed by atoms with Gasteiger partial charge in [0.15, 0.2) is 5.78 Å². The third-order valence-electron chi connectivity index (χ3n) is 4.95. The Balaban J connectivity index is 1.69. The van der Waals surface area contributed by atoms with Gasteiger partial charge in [0.1, 0.15) is 6.33 Å². The highest BCUT2D eigenvalue weighted by molar-refractivity contribution is 5.95. The van der Waals surface area contributed by atoms with Crippen molar-refractivity contribution in [2.75, 3.05) is 16.8 Å². The third kappa shape index (κ3) is 3.77. The van der Waals surface area contributed by atoms with Crippen LogP contribution in [-0.2, 0) is 13.0 Å². The SMILES string of the molecule is CC(=O)c1cccc(Nc2ncnc(N3CCc4ccccc4C3)c2[N+](=O)[O-])c1. The number of nitrogens with zero attached hydrogens (tertiary/aromatic N) is 4. The molecule has 0 fully saturated rings. The molecule has 0 spiro atoms. The van der Waals surface area contributed by atoms with Crippen LogP contribution in [0.25, 0.3) is 0 Å². The molecule has 1 N–H and O–H groups in total. The summed E-state index contributed by atoms with van der Waals surface area (Å²) in [4.78, 5) is 33.3. The minimum atomic E-state index is -0.465. The number of nitro groups is 1. The summed E-state index contributed by atoms with van der Waals surface area (Å²) in [6.45, 7) is 2.65. The van der Waals surface area contributed by atoms with Gasteiger partial charge in [-0.15, -0.1) is 0 Å². The largest absolute Gasteiger partial charge is 0.353 e. The van der Waals surface area contributed by atoms with Crippen molar-refractivity contribution in [1.29, 1.82) is 0 Å². The number of carbonyl (C=O) groups is 1. The first-order chi connectivity index (χ1) is 14.0. The van der Waals surface area contributed by atoms with Crippen molar-refractivity contribution in [3.05, 3.63) is 81.7 Å². The second-order valence-electron chi connectivity index (χ2n) is 6.85. The minimum Gasteiger partial charge on any atom is -0.346 e. The highest BCUT2D eigenvalue weighted by Gasteiger charge is 2.29. The van der Waals surface area contributed by atoms with Crippen molar-refractivity contribution < 1.29 is 9.72 Å². The summed E-state index contributed by atoms with van der Waals surface area (Å²) in [5.74, 6) is 0.294. The lowest BCUT2D eigenvalue weighted by Gasteiger charge is -2.29. The summed E-state index contributed by atoms with van der Waals surface area (Å²) in [5, 5.41) is 14.9. The van der Waals surface area contributed by atoms with E-state index in [0.717, 1.165) is 12.0 Å². The lowest BCUT2D eigenvalue weighted by atomic mass is 10.00. The Morgan fingerprint density at radius 2 is 1.93 bits per heavy atom. The highest BCUT2D eigenvalue weighted by atomic mass is 16.6. The van der Waals surface area contributed by atoms with Crippen LogP contribution in [0, 0.1) is 10.1 Å². The maximum Gasteiger partial charge on any atom is 0.353 e. The zero-order valence-electron chi connectivity index (χ0n) is 15.8. The minimum absolute atomic E-state index is 0.0847. The second-order valence-corrected chi connectivity index (χ2v) is 6.85. The normalized spacial score (nSPS) is 12.9. The topological polar surface area (TPSA) is 101 Å². The number of ketones is 1. The molecule has 2 heterocycles. The number of nitrogens with one attached hydrogen (secondary N) is 1. The van der Waals surface area contributed by atoms with E-state index < -0.39 is 4.92 Å². The molecule has 3 aromatic rings. The van der Waals surface area contributed by atoms with Crippen LogP contribution in [0.5, 0.6) is 0 Å². The number of Topliss-reactive ketones (excluding diaryl/α,β-unsaturated/α-hetero) is 1. The number of benzene rings is 2. The van der Waals surface area contributed by atoms with Gasteiger partial charge < -0.3 is 10.2 Å². The predicted molar refractivity (Wildman–Crippen MR) is 110 cm³/mol. The van der Waals surface area contributed by atoms with Gasteiger partial charge in [0.05, 0.1) is 4.92 Å². The summed E-state index contributed by atoms with van der Waals surface area (Å²) < 4.78 is 0. The molecule has 1 aliphatic rings. The van der Waals surface area contributed by atoms with E-state index in [0.29, 0.717) is 24.3 Å². The molecule has 8 heteroatoms. The molecule has 0 radical (unpaired) electrons. The van der Waals surface area contributed by atoms with Gasteiger partial charge in [-0.3, -0.25) is 14.9 Å². The van der Waals surface area contributed by atoms with E-state index in [1.807, 2.05) is 23.1 Å². The van der Waals surface area contributed by atoms with Gasteiger partial charge in [-0.1, -0.05) is 36.4 Å². The van der Waals surface area contributed by atoms with E-state index in [1.165, 1.54) is 18.8 Å². The summed E-state index contributed by atoms with van der Waals surface area (Å²) in [5.41, 5.74) is 3.27. The summed E-state index contributed by atoms with van der Waals surface area (Å²) in [7, 11) is 0. The standard InChI is InChI=1S/C21H19N5O3/c1-14(27)16-7-4-8-18(11-16)24-20-19(26(28)29)21(23-13-22-20)25-10-9-15-5-2-3-6-17(15)12-25/h2-8,11,13H,9-10,12H2,1H3,(H,22,23,24). The van der Waals surface area contributed by atoms with Crippen molar-refractivity contribution >= 4 is 28.8 Å². The fourth-order valence-electron chi connectivity index (χ4n) is 3.49. The quantitative estimate of drug-likeness (QED) is 0.401. The Morgan fingerprint density at radius 3 is 2.69 bits per heavy atom. The number of hydrogen-bond acceptors (Lipinski definition) is 7. The molecule has 29 heavy (non-hydrogen) atoms. The summed E-state index contributed by atoms with van der Waals surface area (Å²) >= 11 is 0. The number of rotatable bonds is 5. The van der Waals surface area contributed by atoms with Gasteiger partial charge in [-0.05, 0) is 36.6 Å². The van der Waals surface area contributed by atoms with Crippen LogP contribution >= 0.6 is 0 Å². The zero-order valence-corrected chi connectivity index (χ0v) is 15.8. The molecule has 2 aromatic carbocycles. The Labute approximate surface area is 167 Å². The number of fused-ring (bicyclic) bond motifs is 1. The van der Waals surface area contributed by atoms with Crippen molar-refractivity contribution in [2.24, 2.45) is 0 Å². The summed E-state index contributed by atoms with van der Waals surface area (Å²) in [6.07, 6.45) is 2.11. The molecule has 0 saturated heterocycles.